The third-order valence-electron chi connectivity index (χ3n) is 4.39. The standard InChI is InChI=1S/C18H19NOS/c19-17-8-5-12-9-14(6-7-16(12)17)20-11-15-10-13-3-1-2-4-18(13)21-15/h1-4,6-7,9,15,17H,5,8,10-11,19H2. The molecule has 2 atom stereocenters. The Labute approximate surface area is 129 Å². The van der Waals surface area contributed by atoms with E-state index in [4.69, 9.17) is 10.5 Å². The summed E-state index contributed by atoms with van der Waals surface area (Å²) in [6.07, 6.45) is 3.25. The summed E-state index contributed by atoms with van der Waals surface area (Å²) in [5, 5.41) is 0.526. The van der Waals surface area contributed by atoms with E-state index >= 15 is 0 Å². The summed E-state index contributed by atoms with van der Waals surface area (Å²) in [5.41, 5.74) is 10.2. The van der Waals surface area contributed by atoms with E-state index in [9.17, 15) is 0 Å². The monoisotopic (exact) mass is 297 g/mol. The number of hydrogen-bond donors (Lipinski definition) is 1. The predicted octanol–water partition coefficient (Wildman–Crippen LogP) is 3.73. The van der Waals surface area contributed by atoms with Crippen LogP contribution in [0, 0.1) is 0 Å². The molecule has 0 spiro atoms. The molecule has 0 amide bonds. The summed E-state index contributed by atoms with van der Waals surface area (Å²) in [6, 6.07) is 15.3. The van der Waals surface area contributed by atoms with Gasteiger partial charge in [-0.3, -0.25) is 0 Å². The van der Waals surface area contributed by atoms with Crippen molar-refractivity contribution in [2.75, 3.05) is 6.61 Å². The molecule has 2 N–H and O–H groups in total. The molecule has 0 bridgehead atoms. The SMILES string of the molecule is NC1CCc2cc(OCC3Cc4ccccc4S3)ccc21. The zero-order chi connectivity index (χ0) is 14.2. The molecule has 2 aromatic rings. The van der Waals surface area contributed by atoms with E-state index in [1.54, 1.807) is 0 Å². The summed E-state index contributed by atoms with van der Waals surface area (Å²) in [6.45, 7) is 0.768. The van der Waals surface area contributed by atoms with Crippen molar-refractivity contribution in [2.45, 2.75) is 35.4 Å². The Kier molecular flexibility index (Phi) is 3.40. The number of ether oxygens (including phenoxy) is 1. The van der Waals surface area contributed by atoms with Crippen molar-refractivity contribution in [3.63, 3.8) is 0 Å². The van der Waals surface area contributed by atoms with Crippen molar-refractivity contribution in [2.24, 2.45) is 5.73 Å². The molecule has 1 aliphatic carbocycles. The fourth-order valence-corrected chi connectivity index (χ4v) is 4.47. The van der Waals surface area contributed by atoms with Crippen LogP contribution in [0.2, 0.25) is 0 Å². The highest BCUT2D eigenvalue weighted by atomic mass is 32.2. The van der Waals surface area contributed by atoms with Crippen molar-refractivity contribution >= 4 is 11.8 Å². The van der Waals surface area contributed by atoms with Gasteiger partial charge in [-0.05, 0) is 54.2 Å². The van der Waals surface area contributed by atoms with E-state index in [0.29, 0.717) is 5.25 Å². The average Bonchev–Trinajstić information content (AvgIpc) is 3.08. The van der Waals surface area contributed by atoms with Crippen LogP contribution in [0.15, 0.2) is 47.4 Å². The second-order valence-corrected chi connectivity index (χ2v) is 7.21. The molecular formula is C18H19NOS. The van der Waals surface area contributed by atoms with Gasteiger partial charge in [0.2, 0.25) is 0 Å². The number of hydrogen-bond acceptors (Lipinski definition) is 3. The van der Waals surface area contributed by atoms with Gasteiger partial charge in [0.25, 0.3) is 0 Å². The van der Waals surface area contributed by atoms with Gasteiger partial charge in [-0.15, -0.1) is 11.8 Å². The molecule has 0 saturated heterocycles. The van der Waals surface area contributed by atoms with E-state index in [1.807, 2.05) is 11.8 Å². The number of thioether (sulfide) groups is 1. The van der Waals surface area contributed by atoms with Gasteiger partial charge in [0, 0.05) is 16.2 Å². The van der Waals surface area contributed by atoms with Gasteiger partial charge in [-0.25, -0.2) is 0 Å². The first-order valence-corrected chi connectivity index (χ1v) is 8.43. The van der Waals surface area contributed by atoms with Gasteiger partial charge in [-0.2, -0.15) is 0 Å². The molecular weight excluding hydrogens is 278 g/mol. The highest BCUT2D eigenvalue weighted by Crippen LogP contribution is 2.37. The van der Waals surface area contributed by atoms with Gasteiger partial charge in [0.1, 0.15) is 12.4 Å². The Morgan fingerprint density at radius 3 is 2.95 bits per heavy atom. The summed E-state index contributed by atoms with van der Waals surface area (Å²) >= 11 is 1.94. The number of aryl methyl sites for hydroxylation is 1. The van der Waals surface area contributed by atoms with Gasteiger partial charge in [0.15, 0.2) is 0 Å². The lowest BCUT2D eigenvalue weighted by atomic mass is 10.1. The van der Waals surface area contributed by atoms with Crippen LogP contribution in [-0.2, 0) is 12.8 Å². The number of rotatable bonds is 3. The predicted molar refractivity (Wildman–Crippen MR) is 87.0 cm³/mol. The van der Waals surface area contributed by atoms with E-state index in [0.717, 1.165) is 31.6 Å². The van der Waals surface area contributed by atoms with Gasteiger partial charge < -0.3 is 10.5 Å². The van der Waals surface area contributed by atoms with Gasteiger partial charge in [0.05, 0.1) is 0 Å². The second kappa shape index (κ2) is 5.39. The van der Waals surface area contributed by atoms with E-state index in [-0.39, 0.29) is 6.04 Å². The molecule has 2 nitrogen and oxygen atoms in total. The Morgan fingerprint density at radius 1 is 1.14 bits per heavy atom. The zero-order valence-corrected chi connectivity index (χ0v) is 12.7. The molecule has 108 valence electrons. The van der Waals surface area contributed by atoms with Crippen molar-refractivity contribution in [1.29, 1.82) is 0 Å². The fraction of sp³-hybridized carbons (Fsp3) is 0.333. The van der Waals surface area contributed by atoms with Gasteiger partial charge >= 0.3 is 0 Å². The summed E-state index contributed by atoms with van der Waals surface area (Å²) in [7, 11) is 0. The molecule has 3 heteroatoms. The third-order valence-corrected chi connectivity index (χ3v) is 5.68. The van der Waals surface area contributed by atoms with E-state index in [1.165, 1.54) is 21.6 Å². The summed E-state index contributed by atoms with van der Waals surface area (Å²) in [4.78, 5) is 1.41. The normalized spacial score (nSPS) is 22.9. The maximum absolute atomic E-state index is 6.07. The van der Waals surface area contributed by atoms with Crippen LogP contribution in [0.25, 0.3) is 0 Å². The lowest BCUT2D eigenvalue weighted by molar-refractivity contribution is 0.317. The van der Waals surface area contributed by atoms with Crippen LogP contribution in [0.1, 0.15) is 29.2 Å². The lowest BCUT2D eigenvalue weighted by Gasteiger charge is -2.12. The lowest BCUT2D eigenvalue weighted by Crippen LogP contribution is -2.13. The minimum absolute atomic E-state index is 0.217. The Hall–Kier alpha value is -1.45. The highest BCUT2D eigenvalue weighted by molar-refractivity contribution is 8.00. The molecule has 21 heavy (non-hydrogen) atoms. The molecule has 2 aliphatic rings. The topological polar surface area (TPSA) is 35.2 Å². The van der Waals surface area contributed by atoms with Crippen LogP contribution >= 0.6 is 11.8 Å². The highest BCUT2D eigenvalue weighted by Gasteiger charge is 2.23. The molecule has 0 fully saturated rings. The summed E-state index contributed by atoms with van der Waals surface area (Å²) in [5.74, 6) is 0.986. The molecule has 2 unspecified atom stereocenters. The van der Waals surface area contributed by atoms with Crippen LogP contribution in [0.4, 0.5) is 0 Å². The molecule has 0 radical (unpaired) electrons. The molecule has 1 aliphatic heterocycles. The smallest absolute Gasteiger partial charge is 0.119 e. The van der Waals surface area contributed by atoms with Crippen LogP contribution < -0.4 is 10.5 Å². The van der Waals surface area contributed by atoms with Crippen molar-refractivity contribution < 1.29 is 4.74 Å². The van der Waals surface area contributed by atoms with Crippen LogP contribution in [0.3, 0.4) is 0 Å². The molecule has 4 rings (SSSR count). The fourth-order valence-electron chi connectivity index (χ4n) is 3.25. The number of nitrogens with two attached hydrogens (primary N) is 1. The van der Waals surface area contributed by atoms with Crippen LogP contribution in [0.5, 0.6) is 5.75 Å². The first-order valence-electron chi connectivity index (χ1n) is 7.55. The van der Waals surface area contributed by atoms with Gasteiger partial charge in [-0.1, -0.05) is 24.3 Å². The maximum atomic E-state index is 6.07. The molecule has 1 heterocycles. The summed E-state index contributed by atoms with van der Waals surface area (Å²) < 4.78 is 6.02. The average molecular weight is 297 g/mol. The molecule has 2 aromatic carbocycles. The van der Waals surface area contributed by atoms with Crippen molar-refractivity contribution in [3.8, 4) is 5.75 Å². The van der Waals surface area contributed by atoms with E-state index in [2.05, 4.69) is 42.5 Å². The second-order valence-electron chi connectivity index (χ2n) is 5.87. The van der Waals surface area contributed by atoms with E-state index < -0.39 is 0 Å². The third kappa shape index (κ3) is 2.56. The zero-order valence-electron chi connectivity index (χ0n) is 11.9. The Morgan fingerprint density at radius 2 is 2.05 bits per heavy atom. The molecule has 0 saturated carbocycles. The number of benzene rings is 2. The largest absolute Gasteiger partial charge is 0.492 e. The Bertz CT molecular complexity index is 645. The van der Waals surface area contributed by atoms with Crippen molar-refractivity contribution in [1.82, 2.24) is 0 Å². The minimum atomic E-state index is 0.217. The first kappa shape index (κ1) is 13.2. The maximum Gasteiger partial charge on any atom is 0.119 e. The number of fused-ring (bicyclic) bond motifs is 2. The first-order chi connectivity index (χ1) is 10.3. The Balaban J connectivity index is 1.40. The quantitative estimate of drug-likeness (QED) is 0.937. The minimum Gasteiger partial charge on any atom is -0.492 e. The molecule has 0 aromatic heterocycles. The van der Waals surface area contributed by atoms with Crippen LogP contribution in [-0.4, -0.2) is 11.9 Å². The van der Waals surface area contributed by atoms with Crippen molar-refractivity contribution in [3.05, 3.63) is 59.2 Å².